The van der Waals surface area contributed by atoms with E-state index in [0.29, 0.717) is 17.6 Å². The van der Waals surface area contributed by atoms with Crippen molar-refractivity contribution in [1.82, 2.24) is 0 Å². The number of hydrogen-bond donors (Lipinski definition) is 0. The van der Waals surface area contributed by atoms with Gasteiger partial charge in [-0.25, -0.2) is 0 Å². The topological polar surface area (TPSA) is 17.1 Å². The molecule has 0 amide bonds. The maximum absolute atomic E-state index is 12.0. The van der Waals surface area contributed by atoms with Crippen LogP contribution in [0.15, 0.2) is 23.3 Å². The minimum absolute atomic E-state index is 0.251. The molecule has 3 rings (SSSR count). The van der Waals surface area contributed by atoms with Crippen molar-refractivity contribution in [1.29, 1.82) is 0 Å². The van der Waals surface area contributed by atoms with Crippen LogP contribution in [0.2, 0.25) is 0 Å². The lowest BCUT2D eigenvalue weighted by Crippen LogP contribution is -2.36. The Morgan fingerprint density at radius 2 is 1.81 bits per heavy atom. The van der Waals surface area contributed by atoms with Gasteiger partial charge < -0.3 is 0 Å². The van der Waals surface area contributed by atoms with Gasteiger partial charge in [-0.05, 0) is 76.0 Å². The van der Waals surface area contributed by atoms with Gasteiger partial charge in [0.1, 0.15) is 5.78 Å². The van der Waals surface area contributed by atoms with Crippen molar-refractivity contribution in [3.63, 3.8) is 0 Å². The molecule has 2 unspecified atom stereocenters. The molecule has 0 bridgehead atoms. The molecule has 116 valence electrons. The summed E-state index contributed by atoms with van der Waals surface area (Å²) < 4.78 is 0. The smallest absolute Gasteiger partial charge is 0.133 e. The van der Waals surface area contributed by atoms with Gasteiger partial charge in [-0.2, -0.15) is 0 Å². The normalized spacial score (nSPS) is 38.4. The van der Waals surface area contributed by atoms with Crippen LogP contribution in [0.1, 0.15) is 78.1 Å². The first-order chi connectivity index (χ1) is 10.1. The summed E-state index contributed by atoms with van der Waals surface area (Å²) in [4.78, 5) is 12.0. The lowest BCUT2D eigenvalue weighted by molar-refractivity contribution is -0.124. The Morgan fingerprint density at radius 1 is 1.05 bits per heavy atom. The molecule has 3 fully saturated rings. The number of hydrogen-bond acceptors (Lipinski definition) is 1. The van der Waals surface area contributed by atoms with Crippen molar-refractivity contribution in [3.05, 3.63) is 23.3 Å². The fourth-order valence-corrected chi connectivity index (χ4v) is 5.31. The summed E-state index contributed by atoms with van der Waals surface area (Å²) in [7, 11) is 0. The Morgan fingerprint density at radius 3 is 2.52 bits per heavy atom. The van der Waals surface area contributed by atoms with E-state index in [4.69, 9.17) is 0 Å². The predicted molar refractivity (Wildman–Crippen MR) is 88.1 cm³/mol. The molecule has 0 aliphatic heterocycles. The molecule has 21 heavy (non-hydrogen) atoms. The van der Waals surface area contributed by atoms with E-state index >= 15 is 0 Å². The van der Waals surface area contributed by atoms with Crippen LogP contribution in [0.25, 0.3) is 0 Å². The molecule has 3 saturated carbocycles. The number of fused-ring (bicyclic) bond motifs is 1. The molecule has 0 aromatic carbocycles. The molecule has 3 aliphatic carbocycles. The fraction of sp³-hybridized carbons (Fsp3) is 0.750. The molecule has 0 aromatic rings. The lowest BCUT2D eigenvalue weighted by Gasteiger charge is -2.41. The SMILES string of the molecule is CC(=O)C1CCC2/C(=C/C=C3CCCCC3)CCC[C@]12C. The third-order valence-electron chi connectivity index (χ3n) is 6.48. The molecule has 0 heterocycles. The highest BCUT2D eigenvalue weighted by Crippen LogP contribution is 2.57. The molecule has 0 aromatic heterocycles. The highest BCUT2D eigenvalue weighted by molar-refractivity contribution is 5.79. The highest BCUT2D eigenvalue weighted by atomic mass is 16.1. The first-order valence-electron chi connectivity index (χ1n) is 9.00. The van der Waals surface area contributed by atoms with Gasteiger partial charge in [-0.15, -0.1) is 0 Å². The van der Waals surface area contributed by atoms with Crippen LogP contribution >= 0.6 is 0 Å². The predicted octanol–water partition coefficient (Wildman–Crippen LogP) is 5.61. The molecule has 0 radical (unpaired) electrons. The number of allylic oxidation sites excluding steroid dienone is 4. The number of Topliss-reactive ketones (excluding diaryl/α,β-unsaturated/α-hetero) is 1. The van der Waals surface area contributed by atoms with Gasteiger partial charge in [0.15, 0.2) is 0 Å². The van der Waals surface area contributed by atoms with Crippen molar-refractivity contribution in [3.8, 4) is 0 Å². The molecule has 1 heteroatoms. The van der Waals surface area contributed by atoms with Gasteiger partial charge in [0.05, 0.1) is 0 Å². The van der Waals surface area contributed by atoms with Gasteiger partial charge in [-0.1, -0.05) is 36.6 Å². The van der Waals surface area contributed by atoms with E-state index in [1.54, 1.807) is 18.1 Å². The average molecular weight is 286 g/mol. The molecule has 0 spiro atoms. The quantitative estimate of drug-likeness (QED) is 0.645. The zero-order chi connectivity index (χ0) is 14.9. The maximum atomic E-state index is 12.0. The first kappa shape index (κ1) is 15.1. The van der Waals surface area contributed by atoms with Crippen LogP contribution in [-0.4, -0.2) is 5.78 Å². The number of ketones is 1. The van der Waals surface area contributed by atoms with Crippen LogP contribution in [0, 0.1) is 17.3 Å². The van der Waals surface area contributed by atoms with Gasteiger partial charge in [0.2, 0.25) is 0 Å². The summed E-state index contributed by atoms with van der Waals surface area (Å²) in [5.74, 6) is 1.40. The van der Waals surface area contributed by atoms with E-state index in [1.165, 1.54) is 57.8 Å². The average Bonchev–Trinajstić information content (AvgIpc) is 2.84. The minimum atomic E-state index is 0.251. The van der Waals surface area contributed by atoms with Gasteiger partial charge in [0, 0.05) is 5.92 Å². The van der Waals surface area contributed by atoms with Crippen molar-refractivity contribution in [2.75, 3.05) is 0 Å². The number of rotatable bonds is 2. The van der Waals surface area contributed by atoms with Crippen molar-refractivity contribution >= 4 is 5.78 Å². The Labute approximate surface area is 129 Å². The highest BCUT2D eigenvalue weighted by Gasteiger charge is 2.50. The Hall–Kier alpha value is -0.850. The van der Waals surface area contributed by atoms with Gasteiger partial charge in [0.25, 0.3) is 0 Å². The van der Waals surface area contributed by atoms with Crippen LogP contribution < -0.4 is 0 Å². The number of carbonyl (C=O) groups excluding carboxylic acids is 1. The lowest BCUT2D eigenvalue weighted by atomic mass is 9.63. The monoisotopic (exact) mass is 286 g/mol. The zero-order valence-electron chi connectivity index (χ0n) is 13.8. The summed E-state index contributed by atoms with van der Waals surface area (Å²) in [6.45, 7) is 4.19. The molecule has 1 nitrogen and oxygen atoms in total. The third-order valence-corrected chi connectivity index (χ3v) is 6.48. The summed E-state index contributed by atoms with van der Waals surface area (Å²) in [6, 6.07) is 0. The molecule has 3 atom stereocenters. The Balaban J connectivity index is 1.79. The van der Waals surface area contributed by atoms with E-state index in [0.717, 1.165) is 6.42 Å². The standard InChI is InChI=1S/C20H30O/c1-15(21)18-12-13-19-17(9-6-14-20(18,19)2)11-10-16-7-4-3-5-8-16/h10-11,18-19H,3-9,12-14H2,1-2H3/b17-11+/t18?,19?,20-/m1/s1. The summed E-state index contributed by atoms with van der Waals surface area (Å²) >= 11 is 0. The molecule has 0 N–H and O–H groups in total. The minimum Gasteiger partial charge on any atom is -0.300 e. The van der Waals surface area contributed by atoms with E-state index in [-0.39, 0.29) is 5.41 Å². The Bertz CT molecular complexity index is 462. The van der Waals surface area contributed by atoms with Crippen molar-refractivity contribution < 1.29 is 4.79 Å². The van der Waals surface area contributed by atoms with E-state index in [1.807, 2.05) is 0 Å². The largest absolute Gasteiger partial charge is 0.300 e. The van der Waals surface area contributed by atoms with E-state index in [9.17, 15) is 4.79 Å². The zero-order valence-corrected chi connectivity index (χ0v) is 13.8. The van der Waals surface area contributed by atoms with Crippen LogP contribution in [-0.2, 0) is 4.79 Å². The fourth-order valence-electron chi connectivity index (χ4n) is 5.31. The van der Waals surface area contributed by atoms with Crippen molar-refractivity contribution in [2.24, 2.45) is 17.3 Å². The van der Waals surface area contributed by atoms with E-state index < -0.39 is 0 Å². The maximum Gasteiger partial charge on any atom is 0.133 e. The second-order valence-electron chi connectivity index (χ2n) is 7.78. The molecular weight excluding hydrogens is 256 g/mol. The third kappa shape index (κ3) is 2.89. The molecule has 0 saturated heterocycles. The van der Waals surface area contributed by atoms with Crippen molar-refractivity contribution in [2.45, 2.75) is 78.1 Å². The van der Waals surface area contributed by atoms with Crippen LogP contribution in [0.3, 0.4) is 0 Å². The summed E-state index contributed by atoms with van der Waals surface area (Å²) in [5.41, 5.74) is 3.55. The summed E-state index contributed by atoms with van der Waals surface area (Å²) in [6.07, 6.45) is 17.8. The van der Waals surface area contributed by atoms with Gasteiger partial charge >= 0.3 is 0 Å². The Kier molecular flexibility index (Phi) is 4.38. The second kappa shape index (κ2) is 6.10. The molecular formula is C20H30O. The van der Waals surface area contributed by atoms with Crippen LogP contribution in [0.5, 0.6) is 0 Å². The second-order valence-corrected chi connectivity index (χ2v) is 7.78. The number of carbonyl (C=O) groups is 1. The first-order valence-corrected chi connectivity index (χ1v) is 9.00. The van der Waals surface area contributed by atoms with Crippen LogP contribution in [0.4, 0.5) is 0 Å². The van der Waals surface area contributed by atoms with E-state index in [2.05, 4.69) is 19.1 Å². The van der Waals surface area contributed by atoms with Gasteiger partial charge in [-0.3, -0.25) is 4.79 Å². The summed E-state index contributed by atoms with van der Waals surface area (Å²) in [5, 5.41) is 0. The molecule has 3 aliphatic rings.